The fourth-order valence-electron chi connectivity index (χ4n) is 3.60. The highest BCUT2D eigenvalue weighted by Gasteiger charge is 2.31. The highest BCUT2D eigenvalue weighted by molar-refractivity contribution is 7.89. The first-order valence-electron chi connectivity index (χ1n) is 8.99. The topological polar surface area (TPSA) is 89.3 Å². The van der Waals surface area contributed by atoms with Gasteiger partial charge in [-0.3, -0.25) is 0 Å². The molecular formula is C19H21ClN4O3S. The van der Waals surface area contributed by atoms with Gasteiger partial charge in [-0.05, 0) is 43.2 Å². The highest BCUT2D eigenvalue weighted by Crippen LogP contribution is 2.30. The van der Waals surface area contributed by atoms with Crippen molar-refractivity contribution >= 4 is 38.3 Å². The van der Waals surface area contributed by atoms with Crippen molar-refractivity contribution in [2.45, 2.75) is 18.7 Å². The molecule has 3 aromatic rings. The van der Waals surface area contributed by atoms with Crippen LogP contribution in [0.5, 0.6) is 0 Å². The van der Waals surface area contributed by atoms with E-state index in [0.29, 0.717) is 37.2 Å². The molecule has 1 fully saturated rings. The highest BCUT2D eigenvalue weighted by atomic mass is 35.5. The van der Waals surface area contributed by atoms with Gasteiger partial charge in [0.15, 0.2) is 0 Å². The molecule has 28 heavy (non-hydrogen) atoms. The number of anilines is 1. The Balaban J connectivity index is 1.59. The van der Waals surface area contributed by atoms with Gasteiger partial charge in [0.25, 0.3) is 0 Å². The number of imidazole rings is 1. The lowest BCUT2D eigenvalue weighted by molar-refractivity contribution is 0.385. The zero-order chi connectivity index (χ0) is 20.1. The van der Waals surface area contributed by atoms with Crippen LogP contribution in [-0.4, -0.2) is 48.9 Å². The molecule has 9 heteroatoms. The lowest BCUT2D eigenvalue weighted by Gasteiger charge is -2.36. The number of H-pyrrole nitrogens is 2. The van der Waals surface area contributed by atoms with E-state index in [1.807, 2.05) is 6.92 Å². The molecule has 4 rings (SSSR count). The SMILES string of the molecule is Cc1ccc(C)c(N2CCN(S(=O)(=O)c3cc4[nH]c(=O)[nH]c4cc3Cl)CC2)c1. The van der Waals surface area contributed by atoms with E-state index in [9.17, 15) is 13.2 Å². The normalized spacial score (nSPS) is 16.0. The molecule has 0 bridgehead atoms. The number of piperazine rings is 1. The number of fused-ring (bicyclic) bond motifs is 1. The molecule has 2 aromatic carbocycles. The molecule has 2 heterocycles. The number of nitrogens with one attached hydrogen (secondary N) is 2. The van der Waals surface area contributed by atoms with Crippen molar-refractivity contribution in [2.24, 2.45) is 0 Å². The largest absolute Gasteiger partial charge is 0.369 e. The van der Waals surface area contributed by atoms with Gasteiger partial charge in [0.05, 0.1) is 16.1 Å². The molecule has 7 nitrogen and oxygen atoms in total. The number of hydrogen-bond acceptors (Lipinski definition) is 4. The van der Waals surface area contributed by atoms with Gasteiger partial charge >= 0.3 is 5.69 Å². The van der Waals surface area contributed by atoms with E-state index in [1.54, 1.807) is 0 Å². The Hall–Kier alpha value is -2.29. The summed E-state index contributed by atoms with van der Waals surface area (Å²) in [6.45, 7) is 6.05. The molecule has 1 aliphatic heterocycles. The van der Waals surface area contributed by atoms with Crippen LogP contribution in [0.15, 0.2) is 40.0 Å². The Labute approximate surface area is 168 Å². The Morgan fingerprint density at radius 2 is 1.61 bits per heavy atom. The van der Waals surface area contributed by atoms with Crippen LogP contribution in [0.4, 0.5) is 5.69 Å². The van der Waals surface area contributed by atoms with Gasteiger partial charge in [-0.2, -0.15) is 4.31 Å². The minimum absolute atomic E-state index is 0.0112. The quantitative estimate of drug-likeness (QED) is 0.681. The fourth-order valence-corrected chi connectivity index (χ4v) is 5.55. The number of halogens is 1. The summed E-state index contributed by atoms with van der Waals surface area (Å²) in [6, 6.07) is 9.17. The molecule has 0 aliphatic carbocycles. The molecule has 1 aliphatic rings. The number of rotatable bonds is 3. The Morgan fingerprint density at radius 3 is 2.29 bits per heavy atom. The number of aromatic amines is 2. The van der Waals surface area contributed by atoms with E-state index >= 15 is 0 Å². The van der Waals surface area contributed by atoms with Crippen LogP contribution in [0.3, 0.4) is 0 Å². The van der Waals surface area contributed by atoms with Crippen LogP contribution in [0.25, 0.3) is 11.0 Å². The molecule has 1 saturated heterocycles. The number of sulfonamides is 1. The minimum atomic E-state index is -3.76. The molecule has 148 valence electrons. The molecule has 2 N–H and O–H groups in total. The molecule has 0 radical (unpaired) electrons. The first-order chi connectivity index (χ1) is 13.3. The first-order valence-corrected chi connectivity index (χ1v) is 10.8. The average molecular weight is 421 g/mol. The molecule has 0 unspecified atom stereocenters. The predicted molar refractivity (Wildman–Crippen MR) is 111 cm³/mol. The van der Waals surface area contributed by atoms with Crippen LogP contribution < -0.4 is 10.6 Å². The second kappa shape index (κ2) is 6.95. The standard InChI is InChI=1S/C19H21ClN4O3S/c1-12-3-4-13(2)17(9-12)23-5-7-24(8-6-23)28(26,27)18-11-16-15(10-14(18)20)21-19(25)22-16/h3-4,9-11H,5-8H2,1-2H3,(H2,21,22,25). The maximum atomic E-state index is 13.1. The monoisotopic (exact) mass is 420 g/mol. The molecule has 0 saturated carbocycles. The maximum absolute atomic E-state index is 13.1. The van der Waals surface area contributed by atoms with Crippen LogP contribution in [-0.2, 0) is 10.0 Å². The molecule has 0 spiro atoms. The van der Waals surface area contributed by atoms with Gasteiger partial charge in [-0.25, -0.2) is 13.2 Å². The van der Waals surface area contributed by atoms with Crippen LogP contribution in [0.2, 0.25) is 5.02 Å². The second-order valence-corrected chi connectivity index (χ2v) is 9.40. The molecule has 0 atom stereocenters. The zero-order valence-corrected chi connectivity index (χ0v) is 17.2. The average Bonchev–Trinajstić information content (AvgIpc) is 3.02. The lowest BCUT2D eigenvalue weighted by Crippen LogP contribution is -2.48. The van der Waals surface area contributed by atoms with Crippen molar-refractivity contribution in [3.8, 4) is 0 Å². The third kappa shape index (κ3) is 3.32. The predicted octanol–water partition coefficient (Wildman–Crippen LogP) is 2.64. The third-order valence-electron chi connectivity index (χ3n) is 5.13. The van der Waals surface area contributed by atoms with Crippen molar-refractivity contribution in [1.29, 1.82) is 0 Å². The third-order valence-corrected chi connectivity index (χ3v) is 7.49. The van der Waals surface area contributed by atoms with Crippen molar-refractivity contribution in [1.82, 2.24) is 14.3 Å². The maximum Gasteiger partial charge on any atom is 0.323 e. The Bertz CT molecular complexity index is 1210. The Morgan fingerprint density at radius 1 is 0.964 bits per heavy atom. The minimum Gasteiger partial charge on any atom is -0.369 e. The van der Waals surface area contributed by atoms with E-state index < -0.39 is 15.7 Å². The second-order valence-electron chi connectivity index (χ2n) is 7.09. The van der Waals surface area contributed by atoms with Gasteiger partial charge < -0.3 is 14.9 Å². The number of benzene rings is 2. The first kappa shape index (κ1) is 19.0. The summed E-state index contributed by atoms with van der Waals surface area (Å²) in [5.74, 6) is 0. The van der Waals surface area contributed by atoms with Gasteiger partial charge in [0.1, 0.15) is 4.90 Å². The summed E-state index contributed by atoms with van der Waals surface area (Å²) in [5, 5.41) is 0.0970. The number of nitrogens with zero attached hydrogens (tertiary/aromatic N) is 2. The Kier molecular flexibility index (Phi) is 4.73. The summed E-state index contributed by atoms with van der Waals surface area (Å²) < 4.78 is 27.7. The smallest absolute Gasteiger partial charge is 0.323 e. The summed E-state index contributed by atoms with van der Waals surface area (Å²) in [6.07, 6.45) is 0. The van der Waals surface area contributed by atoms with Crippen molar-refractivity contribution in [2.75, 3.05) is 31.1 Å². The number of aromatic nitrogens is 2. The number of aryl methyl sites for hydroxylation is 2. The van der Waals surface area contributed by atoms with Gasteiger partial charge in [0, 0.05) is 31.9 Å². The van der Waals surface area contributed by atoms with E-state index in [-0.39, 0.29) is 9.92 Å². The van der Waals surface area contributed by atoms with E-state index in [4.69, 9.17) is 11.6 Å². The van der Waals surface area contributed by atoms with E-state index in [1.165, 1.54) is 27.6 Å². The fraction of sp³-hybridized carbons (Fsp3) is 0.316. The van der Waals surface area contributed by atoms with Gasteiger partial charge in [-0.15, -0.1) is 0 Å². The summed E-state index contributed by atoms with van der Waals surface area (Å²) in [5.41, 5.74) is 3.99. The van der Waals surface area contributed by atoms with Crippen molar-refractivity contribution in [3.05, 3.63) is 57.0 Å². The summed E-state index contributed by atoms with van der Waals surface area (Å²) >= 11 is 6.23. The molecular weight excluding hydrogens is 400 g/mol. The summed E-state index contributed by atoms with van der Waals surface area (Å²) in [7, 11) is -3.76. The van der Waals surface area contributed by atoms with Crippen LogP contribution in [0.1, 0.15) is 11.1 Å². The van der Waals surface area contributed by atoms with E-state index in [2.05, 4.69) is 40.0 Å². The van der Waals surface area contributed by atoms with Gasteiger partial charge in [0.2, 0.25) is 10.0 Å². The van der Waals surface area contributed by atoms with Crippen molar-refractivity contribution in [3.63, 3.8) is 0 Å². The molecule has 1 aromatic heterocycles. The van der Waals surface area contributed by atoms with Crippen LogP contribution >= 0.6 is 11.6 Å². The van der Waals surface area contributed by atoms with E-state index in [0.717, 1.165) is 5.69 Å². The zero-order valence-electron chi connectivity index (χ0n) is 15.6. The number of hydrogen-bond donors (Lipinski definition) is 2. The summed E-state index contributed by atoms with van der Waals surface area (Å²) in [4.78, 5) is 18.8. The van der Waals surface area contributed by atoms with Crippen LogP contribution in [0, 0.1) is 13.8 Å². The molecule has 0 amide bonds. The lowest BCUT2D eigenvalue weighted by atomic mass is 10.1. The van der Waals surface area contributed by atoms with Crippen molar-refractivity contribution < 1.29 is 8.42 Å². The van der Waals surface area contributed by atoms with Gasteiger partial charge in [-0.1, -0.05) is 23.7 Å².